The van der Waals surface area contributed by atoms with E-state index in [2.05, 4.69) is 178 Å². The van der Waals surface area contributed by atoms with E-state index in [0.29, 0.717) is 0 Å². The van der Waals surface area contributed by atoms with E-state index in [-0.39, 0.29) is 0 Å². The Labute approximate surface area is 298 Å². The standard InChI is InChI=1S/C47H28N4O/c1-27-33(22-20-29-16-17-32-19-18-30-9-7-10-31-21-23-34(29)43(32)42(30)31)28(2)51-47-44-38(50(27)51)13-8-14-39(44)52-40-25-24-36-35-11-3-4-12-37(35)49(46(36)45(40)47)41-15-5-6-26-48(41)47/h3-19,21,23-26H,1-2H3/q+2. The van der Waals surface area contributed by atoms with Crippen LogP contribution in [0.15, 0.2) is 134 Å². The van der Waals surface area contributed by atoms with Crippen LogP contribution in [0.1, 0.15) is 33.6 Å². The minimum Gasteiger partial charge on any atom is -0.456 e. The van der Waals surface area contributed by atoms with Crippen molar-refractivity contribution in [1.82, 2.24) is 9.25 Å². The highest BCUT2D eigenvalue weighted by molar-refractivity contribution is 6.24. The Morgan fingerprint density at radius 3 is 2.27 bits per heavy atom. The molecule has 5 heteroatoms. The first-order valence-electron chi connectivity index (χ1n) is 17.9. The van der Waals surface area contributed by atoms with Crippen molar-refractivity contribution >= 4 is 54.1 Å². The van der Waals surface area contributed by atoms with Crippen LogP contribution in [-0.4, -0.2) is 9.25 Å². The molecule has 10 aromatic rings. The van der Waals surface area contributed by atoms with Crippen molar-refractivity contribution in [3.63, 3.8) is 0 Å². The molecular formula is C47H28N4O+2. The number of rotatable bonds is 0. The van der Waals surface area contributed by atoms with Crippen LogP contribution in [0.4, 0.5) is 0 Å². The van der Waals surface area contributed by atoms with Gasteiger partial charge in [0.05, 0.1) is 6.20 Å². The highest BCUT2D eigenvalue weighted by Crippen LogP contribution is 2.55. The van der Waals surface area contributed by atoms with Crippen molar-refractivity contribution in [2.24, 2.45) is 0 Å². The van der Waals surface area contributed by atoms with Crippen molar-refractivity contribution in [3.05, 3.63) is 167 Å². The second-order valence-electron chi connectivity index (χ2n) is 14.4. The van der Waals surface area contributed by atoms with Gasteiger partial charge in [-0.2, -0.15) is 9.13 Å². The van der Waals surface area contributed by atoms with Crippen LogP contribution in [0.25, 0.3) is 65.6 Å². The van der Waals surface area contributed by atoms with Gasteiger partial charge in [-0.15, -0.1) is 4.68 Å². The predicted molar refractivity (Wildman–Crippen MR) is 204 cm³/mol. The average Bonchev–Trinajstić information content (AvgIpc) is 3.78. The third-order valence-electron chi connectivity index (χ3n) is 12.1. The molecule has 0 radical (unpaired) electrons. The number of para-hydroxylation sites is 1. The van der Waals surface area contributed by atoms with Gasteiger partial charge in [0.15, 0.2) is 11.1 Å². The van der Waals surface area contributed by atoms with Gasteiger partial charge in [-0.1, -0.05) is 89.3 Å². The third kappa shape index (κ3) is 2.84. The van der Waals surface area contributed by atoms with Gasteiger partial charge in [-0.25, -0.2) is 0 Å². The van der Waals surface area contributed by atoms with E-state index in [0.717, 1.165) is 56.6 Å². The lowest BCUT2D eigenvalue weighted by Crippen LogP contribution is -2.77. The number of hydrogen-bond donors (Lipinski definition) is 0. The fourth-order valence-corrected chi connectivity index (χ4v) is 10.1. The number of pyridine rings is 1. The minimum absolute atomic E-state index is 0.734. The molecule has 1 spiro atoms. The van der Waals surface area contributed by atoms with Gasteiger partial charge in [0.25, 0.3) is 5.82 Å². The first-order valence-corrected chi connectivity index (χ1v) is 17.9. The Morgan fingerprint density at radius 1 is 0.615 bits per heavy atom. The van der Waals surface area contributed by atoms with Crippen LogP contribution in [-0.2, 0) is 5.66 Å². The van der Waals surface area contributed by atoms with Crippen molar-refractivity contribution in [3.8, 4) is 34.8 Å². The molecule has 1 unspecified atom stereocenters. The molecule has 52 heavy (non-hydrogen) atoms. The van der Waals surface area contributed by atoms with Gasteiger partial charge >= 0.3 is 5.66 Å². The Balaban J connectivity index is 1.14. The summed E-state index contributed by atoms with van der Waals surface area (Å²) in [4.78, 5) is 0. The van der Waals surface area contributed by atoms with E-state index in [1.165, 1.54) is 54.1 Å². The second-order valence-corrected chi connectivity index (χ2v) is 14.4. The largest absolute Gasteiger partial charge is 0.456 e. The number of ether oxygens (including phenoxy) is 1. The first-order chi connectivity index (χ1) is 25.6. The van der Waals surface area contributed by atoms with Crippen LogP contribution >= 0.6 is 0 Å². The maximum Gasteiger partial charge on any atom is 0.397 e. The van der Waals surface area contributed by atoms with Crippen LogP contribution in [0.5, 0.6) is 11.5 Å². The SMILES string of the molecule is Cc1c(C#Cc2ccc3ccc4cccc5ccc2c3c45)c(C)[n+]2n1-c1cccc3c1C21c2c(ccc4c5ccccc5n(c24)-c2cccc[n+]21)O3. The molecule has 1 atom stereocenters. The maximum absolute atomic E-state index is 6.87. The van der Waals surface area contributed by atoms with E-state index < -0.39 is 5.66 Å². The number of aromatic nitrogens is 4. The van der Waals surface area contributed by atoms with Crippen LogP contribution < -0.4 is 14.0 Å². The molecule has 0 fully saturated rings. The minimum atomic E-state index is -0.734. The van der Waals surface area contributed by atoms with E-state index in [1.54, 1.807) is 0 Å². The number of hydrogen-bond acceptors (Lipinski definition) is 1. The quantitative estimate of drug-likeness (QED) is 0.0903. The Morgan fingerprint density at radius 2 is 1.37 bits per heavy atom. The number of benzene rings is 7. The molecule has 0 amide bonds. The molecule has 7 aromatic carbocycles. The molecule has 13 rings (SSSR count). The molecule has 3 aliphatic rings. The van der Waals surface area contributed by atoms with Crippen molar-refractivity contribution in [2.75, 3.05) is 0 Å². The Kier molecular flexibility index (Phi) is 4.59. The van der Waals surface area contributed by atoms with Crippen molar-refractivity contribution in [2.45, 2.75) is 19.5 Å². The monoisotopic (exact) mass is 664 g/mol. The fraction of sp³-hybridized carbons (Fsp3) is 0.0638. The zero-order valence-electron chi connectivity index (χ0n) is 28.4. The Bertz CT molecular complexity index is 3350. The zero-order valence-corrected chi connectivity index (χ0v) is 28.4. The summed E-state index contributed by atoms with van der Waals surface area (Å²) in [5, 5.41) is 10.0. The molecule has 0 bridgehead atoms. The highest BCUT2D eigenvalue weighted by Gasteiger charge is 2.69. The van der Waals surface area contributed by atoms with Gasteiger partial charge < -0.3 is 4.74 Å². The maximum atomic E-state index is 6.87. The lowest BCUT2D eigenvalue weighted by Gasteiger charge is -2.33. The van der Waals surface area contributed by atoms with E-state index in [1.807, 2.05) is 0 Å². The van der Waals surface area contributed by atoms with E-state index in [4.69, 9.17) is 4.74 Å². The first kappa shape index (κ1) is 26.9. The summed E-state index contributed by atoms with van der Waals surface area (Å²) in [5.74, 6) is 10.3. The lowest BCUT2D eigenvalue weighted by molar-refractivity contribution is -0.995. The van der Waals surface area contributed by atoms with Gasteiger partial charge in [0.2, 0.25) is 5.69 Å². The number of fused-ring (bicyclic) bond motifs is 7. The third-order valence-corrected chi connectivity index (χ3v) is 12.1. The van der Waals surface area contributed by atoms with Crippen LogP contribution in [0.2, 0.25) is 0 Å². The molecule has 3 aliphatic heterocycles. The molecule has 6 heterocycles. The van der Waals surface area contributed by atoms with Gasteiger partial charge in [-0.3, -0.25) is 0 Å². The summed E-state index contributed by atoms with van der Waals surface area (Å²) in [6.07, 6.45) is 2.24. The molecule has 0 aliphatic carbocycles. The van der Waals surface area contributed by atoms with Crippen LogP contribution in [0, 0.1) is 25.7 Å². The van der Waals surface area contributed by atoms with Crippen molar-refractivity contribution < 1.29 is 14.0 Å². The Hall–Kier alpha value is -6.90. The fourth-order valence-electron chi connectivity index (χ4n) is 10.1. The van der Waals surface area contributed by atoms with Crippen LogP contribution in [0.3, 0.4) is 0 Å². The summed E-state index contributed by atoms with van der Waals surface area (Å²) < 4.78 is 16.6. The average molecular weight is 665 g/mol. The molecule has 3 aromatic heterocycles. The number of nitrogens with zero attached hydrogens (tertiary/aromatic N) is 4. The summed E-state index contributed by atoms with van der Waals surface area (Å²) >= 11 is 0. The summed E-state index contributed by atoms with van der Waals surface area (Å²) in [5.41, 5.74) is 9.37. The zero-order chi connectivity index (χ0) is 34.0. The summed E-state index contributed by atoms with van der Waals surface area (Å²) in [7, 11) is 0. The molecule has 0 N–H and O–H groups in total. The highest BCUT2D eigenvalue weighted by atomic mass is 16.5. The smallest absolute Gasteiger partial charge is 0.397 e. The predicted octanol–water partition coefficient (Wildman–Crippen LogP) is 9.09. The molecule has 240 valence electrons. The topological polar surface area (TPSA) is 26.8 Å². The molecule has 5 nitrogen and oxygen atoms in total. The van der Waals surface area contributed by atoms with Gasteiger partial charge in [-0.05, 0) is 87.8 Å². The summed E-state index contributed by atoms with van der Waals surface area (Å²) in [6.45, 7) is 4.45. The summed E-state index contributed by atoms with van der Waals surface area (Å²) in [6, 6.07) is 46.1. The van der Waals surface area contributed by atoms with E-state index in [9.17, 15) is 0 Å². The molecule has 0 saturated heterocycles. The molecule has 0 saturated carbocycles. The van der Waals surface area contributed by atoms with Gasteiger partial charge in [0, 0.05) is 29.3 Å². The molecular weight excluding hydrogens is 637 g/mol. The van der Waals surface area contributed by atoms with Gasteiger partial charge in [0.1, 0.15) is 39.5 Å². The van der Waals surface area contributed by atoms with Crippen molar-refractivity contribution in [1.29, 1.82) is 0 Å². The van der Waals surface area contributed by atoms with E-state index >= 15 is 0 Å². The lowest BCUT2D eigenvalue weighted by atomic mass is 9.84. The second kappa shape index (κ2) is 8.87. The normalized spacial score (nSPS) is 16.0.